The van der Waals surface area contributed by atoms with Crippen LogP contribution in [0.2, 0.25) is 0 Å². The zero-order valence-electron chi connectivity index (χ0n) is 25.0. The molecule has 230 valence electrons. The quantitative estimate of drug-likeness (QED) is 0.114. The lowest BCUT2D eigenvalue weighted by molar-refractivity contribution is -0.138. The third-order valence-electron chi connectivity index (χ3n) is 7.93. The molecular weight excluding hydrogens is 597 g/mol. The second-order valence-corrected chi connectivity index (χ2v) is 13.8. The van der Waals surface area contributed by atoms with E-state index in [-0.39, 0.29) is 16.1 Å². The molecule has 3 aromatic rings. The first-order valence-corrected chi connectivity index (χ1v) is 16.3. The molecular formula is C32H36N6O4S2. The van der Waals surface area contributed by atoms with E-state index >= 15 is 0 Å². The van der Waals surface area contributed by atoms with Gasteiger partial charge in [0.1, 0.15) is 12.1 Å². The minimum atomic E-state index is -1.08. The van der Waals surface area contributed by atoms with Gasteiger partial charge in [0.05, 0.1) is 27.4 Å². The Balaban J connectivity index is 1.69. The van der Waals surface area contributed by atoms with E-state index in [0.717, 1.165) is 72.7 Å². The first-order valence-electron chi connectivity index (χ1n) is 14.2. The number of H-pyrrole nitrogens is 2. The van der Waals surface area contributed by atoms with Crippen LogP contribution in [0.3, 0.4) is 0 Å². The average molecular weight is 633 g/mol. The summed E-state index contributed by atoms with van der Waals surface area (Å²) in [5, 5.41) is 18.7. The molecule has 0 aliphatic carbocycles. The third-order valence-corrected chi connectivity index (χ3v) is 10.9. The normalized spacial score (nSPS) is 14.5. The topological polar surface area (TPSA) is 184 Å². The number of thioether (sulfide) groups is 2. The molecule has 0 fully saturated rings. The lowest BCUT2D eigenvalue weighted by Crippen LogP contribution is -2.34. The maximum absolute atomic E-state index is 11.4. The second kappa shape index (κ2) is 13.0. The maximum atomic E-state index is 11.4. The van der Waals surface area contributed by atoms with Crippen LogP contribution < -0.4 is 11.5 Å². The number of carboxylic acid groups (broad SMARTS) is 2. The summed E-state index contributed by atoms with van der Waals surface area (Å²) in [7, 11) is 0. The zero-order chi connectivity index (χ0) is 31.7. The van der Waals surface area contributed by atoms with Crippen LogP contribution in [0.25, 0.3) is 46.4 Å². The number of hydrogen-bond acceptors (Lipinski definition) is 8. The molecule has 0 spiro atoms. The van der Waals surface area contributed by atoms with Gasteiger partial charge in [0.2, 0.25) is 0 Å². The van der Waals surface area contributed by atoms with Crippen LogP contribution in [0.1, 0.15) is 50.6 Å². The number of aliphatic carboxylic acids is 2. The maximum Gasteiger partial charge on any atom is 0.321 e. The largest absolute Gasteiger partial charge is 0.480 e. The number of carbonyl (C=O) groups is 2. The molecule has 3 aromatic heterocycles. The van der Waals surface area contributed by atoms with Gasteiger partial charge in [-0.15, -0.1) is 23.5 Å². The summed E-state index contributed by atoms with van der Waals surface area (Å²) >= 11 is 2.79. The predicted octanol–water partition coefficient (Wildman–Crippen LogP) is 5.05. The van der Waals surface area contributed by atoms with Gasteiger partial charge in [0.25, 0.3) is 0 Å². The lowest BCUT2D eigenvalue weighted by Gasteiger charge is -2.18. The number of aryl methyl sites for hydroxylation is 4. The monoisotopic (exact) mass is 632 g/mol. The Morgan fingerprint density at radius 2 is 1.16 bits per heavy atom. The molecule has 12 heteroatoms. The second-order valence-electron chi connectivity index (χ2n) is 11.0. The minimum Gasteiger partial charge on any atom is -0.480 e. The van der Waals surface area contributed by atoms with Crippen LogP contribution in [0.15, 0.2) is 18.2 Å². The molecule has 5 heterocycles. The van der Waals surface area contributed by atoms with Crippen molar-refractivity contribution in [1.29, 1.82) is 0 Å². The summed E-state index contributed by atoms with van der Waals surface area (Å²) in [4.78, 5) is 39.9. The van der Waals surface area contributed by atoms with Crippen molar-refractivity contribution in [2.45, 2.75) is 50.8 Å². The van der Waals surface area contributed by atoms with Gasteiger partial charge in [-0.05, 0) is 104 Å². The zero-order valence-corrected chi connectivity index (χ0v) is 26.6. The summed E-state index contributed by atoms with van der Waals surface area (Å²) in [5.74, 6) is -1.81. The van der Waals surface area contributed by atoms with Crippen molar-refractivity contribution in [3.8, 4) is 0 Å². The molecule has 0 radical (unpaired) electrons. The highest BCUT2D eigenvalue weighted by Gasteiger charge is 2.22. The van der Waals surface area contributed by atoms with Crippen LogP contribution in [0.4, 0.5) is 0 Å². The van der Waals surface area contributed by atoms with Crippen molar-refractivity contribution in [1.82, 2.24) is 19.9 Å². The van der Waals surface area contributed by atoms with E-state index in [9.17, 15) is 19.8 Å². The van der Waals surface area contributed by atoms with Crippen molar-refractivity contribution in [2.75, 3.05) is 11.5 Å². The van der Waals surface area contributed by atoms with E-state index < -0.39 is 24.0 Å². The lowest BCUT2D eigenvalue weighted by atomic mass is 10.1. The standard InChI is InChI=1S/C32H36N6O4S2/c1-15-22-5-6-23(35-22)16(2)25-9-10-27(37-25)18(4)30-19(11-28(38-30)17(3)26-8-7-24(15)36-26)12-29(43-13-20(33)31(39)40)44-14-21(34)32(41)42/h5-11,20-21,29,35,38H,12-14,33-34H2,1-4H3,(H,39,40)(H,41,42). The fourth-order valence-electron chi connectivity index (χ4n) is 5.04. The summed E-state index contributed by atoms with van der Waals surface area (Å²) < 4.78 is -0.197. The SMILES string of the molecule is Cc1c2nc(c(C)c3cc(CC(SCC(N)C(=O)O)SCC(N)C(=O)O)c([nH]3)c(C)c3nc(c(C)c4ccc1[nH]4)C=C3)C=C2. The van der Waals surface area contributed by atoms with Gasteiger partial charge in [0.15, 0.2) is 0 Å². The molecule has 0 saturated heterocycles. The molecule has 8 bridgehead atoms. The number of fused-ring (bicyclic) bond motifs is 8. The molecule has 2 unspecified atom stereocenters. The van der Waals surface area contributed by atoms with Crippen LogP contribution in [0.5, 0.6) is 0 Å². The van der Waals surface area contributed by atoms with Crippen molar-refractivity contribution < 1.29 is 19.8 Å². The summed E-state index contributed by atoms with van der Waals surface area (Å²) in [6, 6.07) is 4.15. The Hall–Kier alpha value is -3.84. The van der Waals surface area contributed by atoms with E-state index in [4.69, 9.17) is 21.4 Å². The van der Waals surface area contributed by atoms with Crippen LogP contribution >= 0.6 is 23.5 Å². The highest BCUT2D eigenvalue weighted by atomic mass is 32.2. The van der Waals surface area contributed by atoms with Gasteiger partial charge in [0, 0.05) is 33.6 Å². The van der Waals surface area contributed by atoms with Gasteiger partial charge in [-0.3, -0.25) is 9.59 Å². The number of nitrogens with two attached hydrogens (primary N) is 2. The Kier molecular flexibility index (Phi) is 9.35. The predicted molar refractivity (Wildman–Crippen MR) is 181 cm³/mol. The van der Waals surface area contributed by atoms with Crippen LogP contribution in [0, 0.1) is 27.7 Å². The van der Waals surface area contributed by atoms with Gasteiger partial charge >= 0.3 is 11.9 Å². The first kappa shape index (κ1) is 31.6. The molecule has 8 N–H and O–H groups in total. The smallest absolute Gasteiger partial charge is 0.321 e. The number of carboxylic acids is 2. The molecule has 5 rings (SSSR count). The van der Waals surface area contributed by atoms with E-state index in [1.54, 1.807) is 0 Å². The molecule has 0 saturated carbocycles. The van der Waals surface area contributed by atoms with E-state index in [1.807, 2.05) is 45.1 Å². The van der Waals surface area contributed by atoms with Gasteiger partial charge in [-0.25, -0.2) is 9.97 Å². The molecule has 44 heavy (non-hydrogen) atoms. The van der Waals surface area contributed by atoms with Gasteiger partial charge < -0.3 is 31.6 Å². The Morgan fingerprint density at radius 3 is 1.61 bits per heavy atom. The van der Waals surface area contributed by atoms with Crippen LogP contribution in [-0.4, -0.2) is 70.3 Å². The van der Waals surface area contributed by atoms with Crippen molar-refractivity contribution in [2.24, 2.45) is 11.5 Å². The van der Waals surface area contributed by atoms with Crippen LogP contribution in [-0.2, 0) is 16.0 Å². The minimum absolute atomic E-state index is 0.176. The summed E-state index contributed by atoms with van der Waals surface area (Å²) in [6.45, 7) is 8.16. The third kappa shape index (κ3) is 6.63. The number of rotatable bonds is 10. The number of hydrogen-bond donors (Lipinski definition) is 6. The number of aromatic amines is 2. The van der Waals surface area contributed by atoms with E-state index in [2.05, 4.69) is 35.1 Å². The van der Waals surface area contributed by atoms with E-state index in [0.29, 0.717) is 6.42 Å². The van der Waals surface area contributed by atoms with Crippen molar-refractivity contribution in [3.63, 3.8) is 0 Å². The number of nitrogens with one attached hydrogen (secondary N) is 2. The molecule has 10 nitrogen and oxygen atoms in total. The fourth-order valence-corrected chi connectivity index (χ4v) is 7.62. The molecule has 0 amide bonds. The molecule has 2 atom stereocenters. The molecule has 2 aliphatic rings. The van der Waals surface area contributed by atoms with Crippen molar-refractivity contribution in [3.05, 3.63) is 68.8 Å². The Labute approximate surface area is 263 Å². The Morgan fingerprint density at radius 1 is 0.727 bits per heavy atom. The first-order chi connectivity index (χ1) is 20.9. The Bertz CT molecular complexity index is 1830. The summed E-state index contributed by atoms with van der Waals surface area (Å²) in [5.41, 5.74) is 23.9. The van der Waals surface area contributed by atoms with Crippen molar-refractivity contribution >= 4 is 81.8 Å². The van der Waals surface area contributed by atoms with Gasteiger partial charge in [-0.2, -0.15) is 0 Å². The number of nitrogens with zero attached hydrogens (tertiary/aromatic N) is 2. The van der Waals surface area contributed by atoms with E-state index in [1.165, 1.54) is 23.5 Å². The molecule has 2 aliphatic heterocycles. The summed E-state index contributed by atoms with van der Waals surface area (Å²) in [6.07, 6.45) is 8.59. The fraction of sp³-hybridized carbons (Fsp3) is 0.312. The van der Waals surface area contributed by atoms with Gasteiger partial charge in [-0.1, -0.05) is 0 Å². The highest BCUT2D eigenvalue weighted by molar-refractivity contribution is 8.17. The molecule has 0 aromatic carbocycles. The number of aromatic nitrogens is 4. The average Bonchev–Trinajstić information content (AvgIpc) is 3.82. The highest BCUT2D eigenvalue weighted by Crippen LogP contribution is 2.33.